The summed E-state index contributed by atoms with van der Waals surface area (Å²) >= 11 is 0. The lowest BCUT2D eigenvalue weighted by Crippen LogP contribution is -2.38. The van der Waals surface area contributed by atoms with E-state index >= 15 is 0 Å². The molecule has 192 valence electrons. The van der Waals surface area contributed by atoms with Gasteiger partial charge in [-0.25, -0.2) is 17.9 Å². The summed E-state index contributed by atoms with van der Waals surface area (Å²) in [7, 11) is 1.77. The van der Waals surface area contributed by atoms with Crippen molar-refractivity contribution in [3.05, 3.63) is 155 Å². The molecule has 0 aliphatic heterocycles. The highest BCUT2D eigenvalue weighted by atomic mass is 19.2. The van der Waals surface area contributed by atoms with Crippen molar-refractivity contribution in [1.82, 2.24) is 9.78 Å². The Labute approximate surface area is 224 Å². The highest BCUT2D eigenvalue weighted by molar-refractivity contribution is 5.94. The van der Waals surface area contributed by atoms with Gasteiger partial charge in [0.25, 0.3) is 0 Å². The van der Waals surface area contributed by atoms with E-state index in [0.29, 0.717) is 22.8 Å². The smallest absolute Gasteiger partial charge is 0.161 e. The van der Waals surface area contributed by atoms with Gasteiger partial charge in [0, 0.05) is 24.1 Å². The first kappa shape index (κ1) is 24.5. The Morgan fingerprint density at radius 3 is 1.64 bits per heavy atom. The average molecular weight is 520 g/mol. The van der Waals surface area contributed by atoms with Gasteiger partial charge in [-0.3, -0.25) is 0 Å². The Morgan fingerprint density at radius 1 is 0.615 bits per heavy atom. The number of anilines is 1. The van der Waals surface area contributed by atoms with E-state index in [2.05, 4.69) is 41.7 Å². The molecule has 0 saturated heterocycles. The summed E-state index contributed by atoms with van der Waals surface area (Å²) in [5, 5.41) is 8.96. The van der Waals surface area contributed by atoms with Gasteiger partial charge in [-0.15, -0.1) is 0 Å². The molecule has 0 fully saturated rings. The molecule has 6 aromatic rings. The van der Waals surface area contributed by atoms with Gasteiger partial charge in [0.05, 0.1) is 5.52 Å². The van der Waals surface area contributed by atoms with E-state index < -0.39 is 23.0 Å². The van der Waals surface area contributed by atoms with Gasteiger partial charge in [0.2, 0.25) is 0 Å². The van der Waals surface area contributed by atoms with Crippen LogP contribution < -0.4 is 5.32 Å². The maximum Gasteiger partial charge on any atom is 0.161 e. The molecule has 39 heavy (non-hydrogen) atoms. The van der Waals surface area contributed by atoms with Crippen molar-refractivity contribution in [2.75, 3.05) is 12.4 Å². The molecule has 0 atom stereocenters. The maximum absolute atomic E-state index is 14.7. The third-order valence-corrected chi connectivity index (χ3v) is 7.13. The van der Waals surface area contributed by atoms with Crippen LogP contribution in [0.15, 0.2) is 121 Å². The highest BCUT2D eigenvalue weighted by Gasteiger charge is 2.40. The normalized spacial score (nSPS) is 11.6. The summed E-state index contributed by atoms with van der Waals surface area (Å²) in [5.41, 5.74) is 3.33. The Morgan fingerprint density at radius 2 is 1.13 bits per heavy atom. The van der Waals surface area contributed by atoms with E-state index in [1.54, 1.807) is 19.2 Å². The zero-order valence-electron chi connectivity index (χ0n) is 21.1. The maximum atomic E-state index is 14.7. The van der Waals surface area contributed by atoms with Crippen molar-refractivity contribution in [2.45, 2.75) is 5.54 Å². The molecule has 5 aromatic carbocycles. The van der Waals surface area contributed by atoms with E-state index in [0.717, 1.165) is 28.3 Å². The molecule has 6 heteroatoms. The lowest BCUT2D eigenvalue weighted by molar-refractivity contribution is 0.477. The lowest BCUT2D eigenvalue weighted by Gasteiger charge is -2.37. The van der Waals surface area contributed by atoms with Crippen molar-refractivity contribution >= 4 is 16.7 Å². The number of halogens is 3. The molecule has 3 nitrogen and oxygen atoms in total. The molecular weight excluding hydrogens is 495 g/mol. The molecule has 0 spiro atoms. The minimum Gasteiger partial charge on any atom is -0.371 e. The molecule has 0 radical (unpaired) electrons. The first-order valence-corrected chi connectivity index (χ1v) is 12.6. The Hall–Kier alpha value is -4.84. The quantitative estimate of drug-likeness (QED) is 0.178. The van der Waals surface area contributed by atoms with Crippen molar-refractivity contribution in [3.8, 4) is 11.1 Å². The van der Waals surface area contributed by atoms with Crippen LogP contribution in [0.5, 0.6) is 0 Å². The van der Waals surface area contributed by atoms with Gasteiger partial charge in [-0.1, -0.05) is 97.1 Å². The average Bonchev–Trinajstić information content (AvgIpc) is 3.35. The molecule has 1 N–H and O–H groups in total. The second kappa shape index (κ2) is 9.80. The van der Waals surface area contributed by atoms with Crippen LogP contribution in [0.1, 0.15) is 16.7 Å². The number of aromatic nitrogens is 2. The summed E-state index contributed by atoms with van der Waals surface area (Å²) in [4.78, 5) is 0. The van der Waals surface area contributed by atoms with Gasteiger partial charge < -0.3 is 5.32 Å². The van der Waals surface area contributed by atoms with Crippen molar-refractivity contribution in [1.29, 1.82) is 0 Å². The standard InChI is InChI=1S/C33H24F3N3/c1-37-32-27-19-22(26-20-29(35)30(36)21-28(26)34)17-18-31(27)39(38-32)33(23-11-5-2-6-12-23,24-13-7-3-8-14-24)25-15-9-4-10-16-25/h2-21H,1H3,(H,37,38). The highest BCUT2D eigenvalue weighted by Crippen LogP contribution is 2.44. The van der Waals surface area contributed by atoms with E-state index in [1.807, 2.05) is 65.3 Å². The molecule has 0 saturated carbocycles. The van der Waals surface area contributed by atoms with E-state index in [4.69, 9.17) is 5.10 Å². The molecule has 1 aromatic heterocycles. The summed E-state index contributed by atoms with van der Waals surface area (Å²) in [5.74, 6) is -2.59. The van der Waals surface area contributed by atoms with E-state index in [9.17, 15) is 13.2 Å². The predicted molar refractivity (Wildman–Crippen MR) is 149 cm³/mol. The van der Waals surface area contributed by atoms with E-state index in [1.165, 1.54) is 0 Å². The fourth-order valence-corrected chi connectivity index (χ4v) is 5.37. The van der Waals surface area contributed by atoms with Crippen molar-refractivity contribution < 1.29 is 13.2 Å². The molecule has 6 rings (SSSR count). The van der Waals surface area contributed by atoms with Gasteiger partial charge in [-0.2, -0.15) is 5.10 Å². The number of nitrogens with zero attached hydrogens (tertiary/aromatic N) is 2. The number of hydrogen-bond acceptors (Lipinski definition) is 2. The largest absolute Gasteiger partial charge is 0.371 e. The minimum atomic E-state index is -1.22. The van der Waals surface area contributed by atoms with Gasteiger partial charge in [0.1, 0.15) is 11.4 Å². The molecule has 0 unspecified atom stereocenters. The summed E-state index contributed by atoms with van der Waals surface area (Å²) in [6.45, 7) is 0. The fraction of sp³-hybridized carbons (Fsp3) is 0.0606. The topological polar surface area (TPSA) is 29.9 Å². The Kier molecular flexibility index (Phi) is 6.15. The fourth-order valence-electron chi connectivity index (χ4n) is 5.37. The summed E-state index contributed by atoms with van der Waals surface area (Å²) in [6, 6.07) is 37.2. The second-order valence-electron chi connectivity index (χ2n) is 9.30. The van der Waals surface area contributed by atoms with E-state index in [-0.39, 0.29) is 5.56 Å². The number of rotatable bonds is 6. The van der Waals surface area contributed by atoms with Gasteiger partial charge >= 0.3 is 0 Å². The van der Waals surface area contributed by atoms with Crippen LogP contribution in [-0.2, 0) is 5.54 Å². The SMILES string of the molecule is CNc1nn(C(c2ccccc2)(c2ccccc2)c2ccccc2)c2ccc(-c3cc(F)c(F)cc3F)cc12. The minimum absolute atomic E-state index is 0.0222. The molecule has 0 aliphatic rings. The second-order valence-corrected chi connectivity index (χ2v) is 9.30. The molecule has 0 bridgehead atoms. The van der Waals surface area contributed by atoms with Crippen molar-refractivity contribution in [2.24, 2.45) is 0 Å². The van der Waals surface area contributed by atoms with Crippen LogP contribution in [0.4, 0.5) is 19.0 Å². The molecule has 0 aliphatic carbocycles. The van der Waals surface area contributed by atoms with Crippen LogP contribution in [0.3, 0.4) is 0 Å². The van der Waals surface area contributed by atoms with Crippen LogP contribution >= 0.6 is 0 Å². The van der Waals surface area contributed by atoms with Crippen LogP contribution in [0.25, 0.3) is 22.0 Å². The Bertz CT molecular complexity index is 1670. The lowest BCUT2D eigenvalue weighted by atomic mass is 9.77. The van der Waals surface area contributed by atoms with Crippen molar-refractivity contribution in [3.63, 3.8) is 0 Å². The monoisotopic (exact) mass is 519 g/mol. The van der Waals surface area contributed by atoms with Gasteiger partial charge in [0.15, 0.2) is 17.5 Å². The zero-order chi connectivity index (χ0) is 27.0. The number of fused-ring (bicyclic) bond motifs is 1. The summed E-state index contributed by atoms with van der Waals surface area (Å²) < 4.78 is 44.4. The van der Waals surface area contributed by atoms with Crippen LogP contribution in [-0.4, -0.2) is 16.8 Å². The number of benzene rings is 5. The Balaban J connectivity index is 1.70. The first-order valence-electron chi connectivity index (χ1n) is 12.6. The zero-order valence-corrected chi connectivity index (χ0v) is 21.1. The van der Waals surface area contributed by atoms with Gasteiger partial charge in [-0.05, 0) is 40.5 Å². The first-order chi connectivity index (χ1) is 19.0. The third kappa shape index (κ3) is 3.96. The molecule has 0 amide bonds. The predicted octanol–water partition coefficient (Wildman–Crippen LogP) is 8.00. The van der Waals surface area contributed by atoms with Crippen LogP contribution in [0.2, 0.25) is 0 Å². The molecule has 1 heterocycles. The summed E-state index contributed by atoms with van der Waals surface area (Å²) in [6.07, 6.45) is 0. The number of hydrogen-bond donors (Lipinski definition) is 1. The third-order valence-electron chi connectivity index (χ3n) is 7.13. The molecular formula is C33H24F3N3. The van der Waals surface area contributed by atoms with Crippen LogP contribution in [0, 0.1) is 17.5 Å². The number of nitrogens with one attached hydrogen (secondary N) is 1.